The summed E-state index contributed by atoms with van der Waals surface area (Å²) in [6.45, 7) is 2.86. The van der Waals surface area contributed by atoms with Gasteiger partial charge in [-0.25, -0.2) is 10.1 Å². The summed E-state index contributed by atoms with van der Waals surface area (Å²) in [6.07, 6.45) is -0.0901. The highest BCUT2D eigenvalue weighted by Gasteiger charge is 2.14. The fourth-order valence-corrected chi connectivity index (χ4v) is 0.397. The fraction of sp³-hybridized carbons (Fsp3) is 0.429. The monoisotopic (exact) mass is 190 g/mol. The van der Waals surface area contributed by atoms with Crippen molar-refractivity contribution in [1.29, 1.82) is 0 Å². The van der Waals surface area contributed by atoms with E-state index in [2.05, 4.69) is 14.4 Å². The molecule has 1 unspecified atom stereocenters. The Balaban J connectivity index is 3.93. The van der Waals surface area contributed by atoms with E-state index in [9.17, 15) is 9.59 Å². The van der Waals surface area contributed by atoms with E-state index < -0.39 is 12.1 Å². The lowest BCUT2D eigenvalue weighted by Gasteiger charge is -2.06. The van der Waals surface area contributed by atoms with Crippen LogP contribution in [0.25, 0.3) is 0 Å². The highest BCUT2D eigenvalue weighted by atomic mass is 17.1. The summed E-state index contributed by atoms with van der Waals surface area (Å²) < 4.78 is 8.72. The van der Waals surface area contributed by atoms with Crippen LogP contribution in [0.15, 0.2) is 12.0 Å². The predicted molar refractivity (Wildman–Crippen MR) is 40.2 cm³/mol. The van der Waals surface area contributed by atoms with Gasteiger partial charge in [-0.1, -0.05) is 0 Å². The smallest absolute Gasteiger partial charge is 0.352 e. The second kappa shape index (κ2) is 6.01. The van der Waals surface area contributed by atoms with Crippen molar-refractivity contribution in [3.8, 4) is 0 Å². The van der Waals surface area contributed by atoms with Gasteiger partial charge in [0.2, 0.25) is 0 Å². The molecule has 0 fully saturated rings. The van der Waals surface area contributed by atoms with Crippen LogP contribution in [0.2, 0.25) is 0 Å². The van der Waals surface area contributed by atoms with Gasteiger partial charge in [0.15, 0.2) is 11.9 Å². The van der Waals surface area contributed by atoms with Crippen LogP contribution >= 0.6 is 0 Å². The molecule has 0 bridgehead atoms. The number of rotatable bonds is 5. The van der Waals surface area contributed by atoms with Gasteiger partial charge < -0.3 is 14.4 Å². The topological polar surface area (TPSA) is 82.1 Å². The van der Waals surface area contributed by atoms with Crippen molar-refractivity contribution in [3.05, 3.63) is 12.0 Å². The summed E-state index contributed by atoms with van der Waals surface area (Å²) >= 11 is 0. The molecule has 0 aromatic carbocycles. The molecule has 6 heteroatoms. The number of allylic oxidation sites excluding steroid dienone is 1. The first kappa shape index (κ1) is 11.4. The average Bonchev–Trinajstić information content (AvgIpc) is 2.13. The maximum atomic E-state index is 10.9. The number of carbonyl (C=O) groups excluding carboxylic acids is 2. The predicted octanol–water partition coefficient (Wildman–Crippen LogP) is 0.442. The summed E-state index contributed by atoms with van der Waals surface area (Å²) in [7, 11) is 0. The minimum Gasteiger partial charge on any atom is -0.453 e. The SMILES string of the molecule is C/C(=C/OC(=O)C(C)OC=O)OO. The summed E-state index contributed by atoms with van der Waals surface area (Å²) in [6, 6.07) is 0. The molecule has 0 saturated carbocycles. The van der Waals surface area contributed by atoms with Crippen LogP contribution in [-0.4, -0.2) is 23.8 Å². The van der Waals surface area contributed by atoms with Crippen molar-refractivity contribution in [2.45, 2.75) is 20.0 Å². The molecule has 0 amide bonds. The van der Waals surface area contributed by atoms with Crippen molar-refractivity contribution in [2.75, 3.05) is 0 Å². The fourth-order valence-electron chi connectivity index (χ4n) is 0.397. The first-order valence-corrected chi connectivity index (χ1v) is 3.39. The third kappa shape index (κ3) is 4.81. The third-order valence-corrected chi connectivity index (χ3v) is 1.08. The first-order valence-electron chi connectivity index (χ1n) is 3.39. The van der Waals surface area contributed by atoms with E-state index in [0.29, 0.717) is 0 Å². The molecule has 0 heterocycles. The second-order valence-corrected chi connectivity index (χ2v) is 2.13. The molecule has 6 nitrogen and oxygen atoms in total. The van der Waals surface area contributed by atoms with Gasteiger partial charge in [0, 0.05) is 6.92 Å². The Morgan fingerprint density at radius 1 is 1.54 bits per heavy atom. The summed E-state index contributed by atoms with van der Waals surface area (Å²) in [5.74, 6) is -0.754. The zero-order chi connectivity index (χ0) is 10.3. The molecule has 0 aliphatic carbocycles. The van der Waals surface area contributed by atoms with Crippen LogP contribution in [0.3, 0.4) is 0 Å². The Morgan fingerprint density at radius 2 is 2.15 bits per heavy atom. The molecule has 13 heavy (non-hydrogen) atoms. The van der Waals surface area contributed by atoms with E-state index in [0.717, 1.165) is 6.26 Å². The molecular weight excluding hydrogens is 180 g/mol. The zero-order valence-corrected chi connectivity index (χ0v) is 7.22. The van der Waals surface area contributed by atoms with Gasteiger partial charge in [0.1, 0.15) is 6.26 Å². The second-order valence-electron chi connectivity index (χ2n) is 2.13. The molecular formula is C7H10O6. The summed E-state index contributed by atoms with van der Waals surface area (Å²) in [5, 5.41) is 8.04. The minimum absolute atomic E-state index is 0.00616. The Labute approximate surface area is 74.6 Å². The van der Waals surface area contributed by atoms with Gasteiger partial charge in [0.05, 0.1) is 0 Å². The molecule has 74 valence electrons. The Hall–Kier alpha value is -1.56. The number of hydrogen-bond donors (Lipinski definition) is 1. The van der Waals surface area contributed by atoms with Crippen molar-refractivity contribution < 1.29 is 29.2 Å². The van der Waals surface area contributed by atoms with E-state index >= 15 is 0 Å². The van der Waals surface area contributed by atoms with Gasteiger partial charge >= 0.3 is 5.97 Å². The van der Waals surface area contributed by atoms with Crippen molar-refractivity contribution in [2.24, 2.45) is 0 Å². The Kier molecular flexibility index (Phi) is 5.29. The van der Waals surface area contributed by atoms with Crippen LogP contribution in [0.5, 0.6) is 0 Å². The lowest BCUT2D eigenvalue weighted by Crippen LogP contribution is -2.21. The largest absolute Gasteiger partial charge is 0.453 e. The van der Waals surface area contributed by atoms with E-state index in [1.165, 1.54) is 13.8 Å². The van der Waals surface area contributed by atoms with Crippen LogP contribution < -0.4 is 0 Å². The lowest BCUT2D eigenvalue weighted by molar-refractivity contribution is -0.205. The minimum atomic E-state index is -0.986. The molecule has 0 aliphatic heterocycles. The van der Waals surface area contributed by atoms with Crippen LogP contribution in [0.1, 0.15) is 13.8 Å². The van der Waals surface area contributed by atoms with E-state index in [-0.39, 0.29) is 12.2 Å². The molecule has 0 saturated heterocycles. The number of ether oxygens (including phenoxy) is 2. The zero-order valence-electron chi connectivity index (χ0n) is 7.22. The maximum absolute atomic E-state index is 10.9. The normalized spacial score (nSPS) is 13.0. The van der Waals surface area contributed by atoms with Crippen molar-refractivity contribution >= 4 is 12.4 Å². The Bertz CT molecular complexity index is 209. The van der Waals surface area contributed by atoms with Crippen LogP contribution in [-0.2, 0) is 24.0 Å². The van der Waals surface area contributed by atoms with Crippen LogP contribution in [0, 0.1) is 0 Å². The molecule has 0 aromatic rings. The molecule has 0 aliphatic rings. The van der Waals surface area contributed by atoms with Gasteiger partial charge in [-0.2, -0.15) is 0 Å². The van der Waals surface area contributed by atoms with E-state index in [1.54, 1.807) is 0 Å². The highest BCUT2D eigenvalue weighted by molar-refractivity contribution is 5.75. The molecule has 0 spiro atoms. The first-order chi connectivity index (χ1) is 6.11. The van der Waals surface area contributed by atoms with Gasteiger partial charge in [0.25, 0.3) is 6.47 Å². The average molecular weight is 190 g/mol. The van der Waals surface area contributed by atoms with Gasteiger partial charge in [-0.3, -0.25) is 4.79 Å². The molecule has 1 atom stereocenters. The quantitative estimate of drug-likeness (QED) is 0.223. The molecule has 0 rings (SSSR count). The summed E-state index contributed by atoms with van der Waals surface area (Å²) in [4.78, 5) is 24.4. The van der Waals surface area contributed by atoms with Gasteiger partial charge in [-0.05, 0) is 6.92 Å². The van der Waals surface area contributed by atoms with E-state index in [4.69, 9.17) is 5.26 Å². The molecule has 0 aromatic heterocycles. The number of carbonyl (C=O) groups is 2. The highest BCUT2D eigenvalue weighted by Crippen LogP contribution is 1.97. The molecule has 1 N–H and O–H groups in total. The van der Waals surface area contributed by atoms with Crippen LogP contribution in [0.4, 0.5) is 0 Å². The third-order valence-electron chi connectivity index (χ3n) is 1.08. The van der Waals surface area contributed by atoms with Crippen molar-refractivity contribution in [1.82, 2.24) is 0 Å². The summed E-state index contributed by atoms with van der Waals surface area (Å²) in [5.41, 5.74) is 0. The van der Waals surface area contributed by atoms with Crippen molar-refractivity contribution in [3.63, 3.8) is 0 Å². The Morgan fingerprint density at radius 3 is 2.62 bits per heavy atom. The maximum Gasteiger partial charge on any atom is 0.352 e. The lowest BCUT2D eigenvalue weighted by atomic mass is 10.4. The van der Waals surface area contributed by atoms with E-state index in [1.807, 2.05) is 0 Å². The molecule has 0 radical (unpaired) electrons. The standard InChI is InChI=1S/C7H10O6/c1-5(13-10)3-11-7(9)6(2)12-4-8/h3-4,6,10H,1-2H3/b5-3-. The number of esters is 1. The number of hydrogen-bond acceptors (Lipinski definition) is 6. The van der Waals surface area contributed by atoms with Gasteiger partial charge in [-0.15, -0.1) is 0 Å².